The zero-order chi connectivity index (χ0) is 20.2. The van der Waals surface area contributed by atoms with Gasteiger partial charge in [0.1, 0.15) is 37.6 Å². The van der Waals surface area contributed by atoms with Gasteiger partial charge in [-0.3, -0.25) is 14.5 Å². The minimum absolute atomic E-state index is 0.0737. The Hall–Kier alpha value is -2.70. The number of nitrogens with zero attached hydrogens (tertiary/aromatic N) is 1. The predicted octanol–water partition coefficient (Wildman–Crippen LogP) is 0.222. The average Bonchev–Trinajstić information content (AvgIpc) is 3.07. The molecule has 0 aliphatic carbocycles. The number of quaternary nitrogens is 2. The molecule has 6 heteroatoms. The van der Waals surface area contributed by atoms with E-state index in [0.29, 0.717) is 18.7 Å². The SMILES string of the molecule is CCCOc1ccc(N2C(=O)C[C@@H]([NH+]3CC[NH+](c4ccccc4)CC3)C2=O)cc1. The molecule has 29 heavy (non-hydrogen) atoms. The molecule has 4 rings (SSSR count). The third kappa shape index (κ3) is 4.18. The highest BCUT2D eigenvalue weighted by atomic mass is 16.5. The number of amides is 2. The molecule has 2 N–H and O–H groups in total. The molecule has 2 aromatic rings. The summed E-state index contributed by atoms with van der Waals surface area (Å²) < 4.78 is 5.59. The molecule has 2 aliphatic heterocycles. The normalized spacial score (nSPS) is 24.7. The molecule has 2 heterocycles. The molecule has 2 saturated heterocycles. The van der Waals surface area contributed by atoms with E-state index in [1.165, 1.54) is 20.4 Å². The molecule has 6 nitrogen and oxygen atoms in total. The van der Waals surface area contributed by atoms with Crippen LogP contribution in [0.15, 0.2) is 54.6 Å². The number of hydrogen-bond acceptors (Lipinski definition) is 3. The molecule has 2 amide bonds. The summed E-state index contributed by atoms with van der Waals surface area (Å²) in [6, 6.07) is 17.5. The standard InChI is InChI=1S/C23H27N3O3/c1-2-16-29-20-10-8-19(9-11-20)26-22(27)17-21(23(26)28)25-14-12-24(13-15-25)18-6-4-3-5-7-18/h3-11,21H,2,12-17H2,1H3/p+2/t21-/m1/s1. The molecule has 0 unspecified atom stereocenters. The number of hydrogen-bond donors (Lipinski definition) is 2. The molecule has 0 saturated carbocycles. The molecule has 2 aromatic carbocycles. The zero-order valence-corrected chi connectivity index (χ0v) is 16.9. The van der Waals surface area contributed by atoms with E-state index in [1.54, 1.807) is 12.1 Å². The van der Waals surface area contributed by atoms with Crippen LogP contribution < -0.4 is 19.4 Å². The predicted molar refractivity (Wildman–Crippen MR) is 111 cm³/mol. The van der Waals surface area contributed by atoms with Gasteiger partial charge >= 0.3 is 0 Å². The number of benzene rings is 2. The molecule has 0 spiro atoms. The van der Waals surface area contributed by atoms with Crippen molar-refractivity contribution in [2.45, 2.75) is 25.8 Å². The number of rotatable bonds is 6. The van der Waals surface area contributed by atoms with Gasteiger partial charge < -0.3 is 9.64 Å². The lowest BCUT2D eigenvalue weighted by atomic mass is 10.1. The first kappa shape index (κ1) is 19.6. The van der Waals surface area contributed by atoms with Crippen LogP contribution in [0.4, 0.5) is 11.4 Å². The van der Waals surface area contributed by atoms with Crippen molar-refractivity contribution in [1.29, 1.82) is 0 Å². The maximum atomic E-state index is 13.1. The summed E-state index contributed by atoms with van der Waals surface area (Å²) in [6.07, 6.45) is 1.23. The molecular weight excluding hydrogens is 366 g/mol. The van der Waals surface area contributed by atoms with Crippen molar-refractivity contribution in [3.05, 3.63) is 54.6 Å². The van der Waals surface area contributed by atoms with E-state index < -0.39 is 0 Å². The van der Waals surface area contributed by atoms with Crippen LogP contribution in [0.2, 0.25) is 0 Å². The van der Waals surface area contributed by atoms with Crippen LogP contribution in [-0.4, -0.2) is 50.6 Å². The summed E-state index contributed by atoms with van der Waals surface area (Å²) in [7, 11) is 0. The minimum atomic E-state index is -0.268. The second kappa shape index (κ2) is 8.76. The lowest BCUT2D eigenvalue weighted by Gasteiger charge is -2.31. The molecule has 0 bridgehead atoms. The van der Waals surface area contributed by atoms with Crippen molar-refractivity contribution in [3.63, 3.8) is 0 Å². The lowest BCUT2D eigenvalue weighted by molar-refractivity contribution is -0.994. The van der Waals surface area contributed by atoms with E-state index in [0.717, 1.165) is 38.3 Å². The van der Waals surface area contributed by atoms with E-state index in [1.807, 2.05) is 18.2 Å². The average molecular weight is 396 g/mol. The Bertz CT molecular complexity index is 845. The highest BCUT2D eigenvalue weighted by Gasteiger charge is 2.47. The van der Waals surface area contributed by atoms with Gasteiger partial charge in [-0.15, -0.1) is 0 Å². The zero-order valence-electron chi connectivity index (χ0n) is 16.9. The summed E-state index contributed by atoms with van der Waals surface area (Å²) in [5, 5.41) is 0. The van der Waals surface area contributed by atoms with Crippen LogP contribution in [0.25, 0.3) is 0 Å². The number of carbonyl (C=O) groups is 2. The number of piperazine rings is 1. The minimum Gasteiger partial charge on any atom is -0.494 e. The molecule has 152 valence electrons. The Balaban J connectivity index is 1.39. The summed E-state index contributed by atoms with van der Waals surface area (Å²) in [5.41, 5.74) is 1.94. The number of imide groups is 1. The second-order valence-corrected chi connectivity index (χ2v) is 7.79. The van der Waals surface area contributed by atoms with Gasteiger partial charge in [-0.1, -0.05) is 25.1 Å². The third-order valence-corrected chi connectivity index (χ3v) is 5.89. The lowest BCUT2D eigenvalue weighted by Crippen LogP contribution is -3.28. The molecule has 1 atom stereocenters. The second-order valence-electron chi connectivity index (χ2n) is 7.79. The van der Waals surface area contributed by atoms with Gasteiger partial charge in [0.05, 0.1) is 18.7 Å². The smallest absolute Gasteiger partial charge is 0.292 e. The molecule has 2 fully saturated rings. The van der Waals surface area contributed by atoms with Crippen molar-refractivity contribution >= 4 is 23.2 Å². The Labute approximate surface area is 171 Å². The molecule has 0 radical (unpaired) electrons. The van der Waals surface area contributed by atoms with Crippen LogP contribution in [0, 0.1) is 0 Å². The van der Waals surface area contributed by atoms with Gasteiger partial charge in [0.25, 0.3) is 5.91 Å². The number of nitrogens with one attached hydrogen (secondary N) is 2. The summed E-state index contributed by atoms with van der Waals surface area (Å²) in [4.78, 5) is 29.7. The summed E-state index contributed by atoms with van der Waals surface area (Å²) in [5.74, 6) is 0.583. The highest BCUT2D eigenvalue weighted by molar-refractivity contribution is 6.21. The Morgan fingerprint density at radius 1 is 0.966 bits per heavy atom. The van der Waals surface area contributed by atoms with Crippen molar-refractivity contribution < 1.29 is 24.1 Å². The van der Waals surface area contributed by atoms with E-state index in [-0.39, 0.29) is 17.9 Å². The fourth-order valence-corrected chi connectivity index (χ4v) is 4.32. The maximum Gasteiger partial charge on any atom is 0.292 e. The molecular formula is C23H29N3O3+2. The van der Waals surface area contributed by atoms with Gasteiger partial charge in [0.15, 0.2) is 6.04 Å². The fraction of sp³-hybridized carbons (Fsp3) is 0.391. The van der Waals surface area contributed by atoms with Crippen molar-refractivity contribution in [2.24, 2.45) is 0 Å². The Morgan fingerprint density at radius 3 is 2.31 bits per heavy atom. The van der Waals surface area contributed by atoms with Gasteiger partial charge in [-0.25, -0.2) is 4.90 Å². The van der Waals surface area contributed by atoms with Crippen molar-refractivity contribution in [3.8, 4) is 5.75 Å². The van der Waals surface area contributed by atoms with E-state index in [9.17, 15) is 9.59 Å². The Morgan fingerprint density at radius 2 is 1.66 bits per heavy atom. The first-order chi connectivity index (χ1) is 14.2. The van der Waals surface area contributed by atoms with E-state index >= 15 is 0 Å². The number of para-hydroxylation sites is 1. The van der Waals surface area contributed by atoms with Crippen LogP contribution in [0.3, 0.4) is 0 Å². The van der Waals surface area contributed by atoms with Crippen LogP contribution in [-0.2, 0) is 9.59 Å². The highest BCUT2D eigenvalue weighted by Crippen LogP contribution is 2.24. The first-order valence-electron chi connectivity index (χ1n) is 10.5. The third-order valence-electron chi connectivity index (χ3n) is 5.89. The molecule has 0 aromatic heterocycles. The number of ether oxygens (including phenoxy) is 1. The van der Waals surface area contributed by atoms with Gasteiger partial charge in [-0.05, 0) is 42.8 Å². The van der Waals surface area contributed by atoms with Crippen molar-refractivity contribution in [1.82, 2.24) is 0 Å². The first-order valence-corrected chi connectivity index (χ1v) is 10.5. The number of carbonyl (C=O) groups excluding carboxylic acids is 2. The largest absolute Gasteiger partial charge is 0.494 e. The summed E-state index contributed by atoms with van der Waals surface area (Å²) in [6.45, 7) is 6.45. The quantitative estimate of drug-likeness (QED) is 0.689. The Kier molecular flexibility index (Phi) is 5.92. The van der Waals surface area contributed by atoms with Crippen LogP contribution >= 0.6 is 0 Å². The van der Waals surface area contributed by atoms with Crippen LogP contribution in [0.5, 0.6) is 5.75 Å². The molecule has 2 aliphatic rings. The van der Waals surface area contributed by atoms with Crippen LogP contribution in [0.1, 0.15) is 19.8 Å². The van der Waals surface area contributed by atoms with Gasteiger partial charge in [-0.2, -0.15) is 0 Å². The number of anilines is 1. The van der Waals surface area contributed by atoms with Gasteiger partial charge in [0.2, 0.25) is 5.91 Å². The monoisotopic (exact) mass is 395 g/mol. The van der Waals surface area contributed by atoms with E-state index in [4.69, 9.17) is 4.74 Å². The summed E-state index contributed by atoms with van der Waals surface area (Å²) >= 11 is 0. The topological polar surface area (TPSA) is 55.5 Å². The maximum absolute atomic E-state index is 13.1. The van der Waals surface area contributed by atoms with E-state index in [2.05, 4.69) is 31.2 Å². The van der Waals surface area contributed by atoms with Crippen molar-refractivity contribution in [2.75, 3.05) is 37.7 Å². The fourth-order valence-electron chi connectivity index (χ4n) is 4.32. The van der Waals surface area contributed by atoms with Gasteiger partial charge in [0, 0.05) is 0 Å².